The number of aromatic nitrogens is 2. The van der Waals surface area contributed by atoms with Crippen LogP contribution in [0.2, 0.25) is 0 Å². The highest BCUT2D eigenvalue weighted by atomic mass is 32.1. The van der Waals surface area contributed by atoms with E-state index in [1.54, 1.807) is 6.92 Å². The summed E-state index contributed by atoms with van der Waals surface area (Å²) in [5.74, 6) is 0.461. The van der Waals surface area contributed by atoms with Crippen LogP contribution in [0.5, 0.6) is 5.75 Å². The quantitative estimate of drug-likeness (QED) is 0.847. The number of aryl methyl sites for hydroxylation is 2. The van der Waals surface area contributed by atoms with Crippen LogP contribution >= 0.6 is 11.3 Å². The molecule has 1 heterocycles. The largest absolute Gasteiger partial charge is 0.481 e. The van der Waals surface area contributed by atoms with Crippen LogP contribution in [0.4, 0.5) is 5.13 Å². The van der Waals surface area contributed by atoms with Gasteiger partial charge >= 0.3 is 0 Å². The lowest BCUT2D eigenvalue weighted by Crippen LogP contribution is -2.30. The Bertz CT molecular complexity index is 627. The van der Waals surface area contributed by atoms with Crippen LogP contribution in [-0.2, 0) is 11.2 Å². The molecule has 1 N–H and O–H groups in total. The fourth-order valence-electron chi connectivity index (χ4n) is 1.89. The zero-order valence-electron chi connectivity index (χ0n) is 13.1. The second-order valence-electron chi connectivity index (χ2n) is 5.17. The number of carbonyl (C=O) groups is 1. The van der Waals surface area contributed by atoms with Gasteiger partial charge in [-0.1, -0.05) is 36.8 Å². The van der Waals surface area contributed by atoms with Gasteiger partial charge in [-0.05, 0) is 38.0 Å². The maximum absolute atomic E-state index is 12.1. The number of carbonyl (C=O) groups excluding carboxylic acids is 1. The minimum Gasteiger partial charge on any atom is -0.481 e. The van der Waals surface area contributed by atoms with Gasteiger partial charge in [0.15, 0.2) is 6.10 Å². The third-order valence-electron chi connectivity index (χ3n) is 3.11. The van der Waals surface area contributed by atoms with Crippen molar-refractivity contribution in [2.75, 3.05) is 5.32 Å². The second-order valence-corrected chi connectivity index (χ2v) is 6.23. The van der Waals surface area contributed by atoms with E-state index < -0.39 is 6.10 Å². The molecule has 2 rings (SSSR count). The monoisotopic (exact) mass is 319 g/mol. The summed E-state index contributed by atoms with van der Waals surface area (Å²) in [6.45, 7) is 5.83. The molecule has 0 radical (unpaired) electrons. The predicted molar refractivity (Wildman–Crippen MR) is 88.4 cm³/mol. The van der Waals surface area contributed by atoms with Gasteiger partial charge in [0, 0.05) is 6.42 Å². The smallest absolute Gasteiger partial charge is 0.266 e. The van der Waals surface area contributed by atoms with E-state index in [0.717, 1.165) is 29.8 Å². The van der Waals surface area contributed by atoms with Crippen LogP contribution < -0.4 is 10.1 Å². The number of nitrogens with one attached hydrogen (secondary N) is 1. The van der Waals surface area contributed by atoms with E-state index in [9.17, 15) is 4.79 Å². The summed E-state index contributed by atoms with van der Waals surface area (Å²) in [7, 11) is 0. The number of rotatable bonds is 7. The minimum atomic E-state index is -0.593. The van der Waals surface area contributed by atoms with E-state index in [-0.39, 0.29) is 5.91 Å². The molecule has 5 nitrogen and oxygen atoms in total. The SMILES string of the molecule is CCCCc1nnc(NC(=O)C(C)Oc2cccc(C)c2)s1. The maximum Gasteiger partial charge on any atom is 0.266 e. The number of unbranched alkanes of at least 4 members (excludes halogenated alkanes) is 1. The van der Waals surface area contributed by atoms with Gasteiger partial charge in [-0.2, -0.15) is 0 Å². The third kappa shape index (κ3) is 4.80. The highest BCUT2D eigenvalue weighted by Gasteiger charge is 2.17. The summed E-state index contributed by atoms with van der Waals surface area (Å²) in [6.07, 6.45) is 2.50. The molecule has 0 saturated carbocycles. The van der Waals surface area contributed by atoms with Crippen molar-refractivity contribution in [3.05, 3.63) is 34.8 Å². The molecule has 0 fully saturated rings. The molecule has 0 saturated heterocycles. The highest BCUT2D eigenvalue weighted by Crippen LogP contribution is 2.18. The van der Waals surface area contributed by atoms with Crippen LogP contribution in [0.3, 0.4) is 0 Å². The zero-order valence-corrected chi connectivity index (χ0v) is 13.9. The van der Waals surface area contributed by atoms with Gasteiger partial charge in [-0.15, -0.1) is 10.2 Å². The van der Waals surface area contributed by atoms with Crippen LogP contribution in [-0.4, -0.2) is 22.2 Å². The molecular formula is C16H21N3O2S. The van der Waals surface area contributed by atoms with Crippen molar-refractivity contribution in [3.63, 3.8) is 0 Å². The Hall–Kier alpha value is -1.95. The predicted octanol–water partition coefficient (Wildman–Crippen LogP) is 3.60. The first-order valence-electron chi connectivity index (χ1n) is 7.45. The molecule has 0 aliphatic rings. The molecule has 6 heteroatoms. The lowest BCUT2D eigenvalue weighted by atomic mass is 10.2. The first-order chi connectivity index (χ1) is 10.6. The standard InChI is InChI=1S/C16H21N3O2S/c1-4-5-9-14-18-19-16(22-14)17-15(20)12(3)21-13-8-6-7-11(2)10-13/h6-8,10,12H,4-5,9H2,1-3H3,(H,17,19,20). The van der Waals surface area contributed by atoms with Crippen LogP contribution in [0.15, 0.2) is 24.3 Å². The van der Waals surface area contributed by atoms with E-state index in [2.05, 4.69) is 22.4 Å². The molecule has 1 amide bonds. The number of benzene rings is 1. The molecule has 22 heavy (non-hydrogen) atoms. The van der Waals surface area contributed by atoms with Gasteiger partial charge in [0.25, 0.3) is 5.91 Å². The van der Waals surface area contributed by atoms with Crippen LogP contribution in [0.25, 0.3) is 0 Å². The third-order valence-corrected chi connectivity index (χ3v) is 4.01. The number of amides is 1. The summed E-state index contributed by atoms with van der Waals surface area (Å²) in [6, 6.07) is 7.62. The van der Waals surface area contributed by atoms with Crippen molar-refractivity contribution in [2.45, 2.75) is 46.1 Å². The highest BCUT2D eigenvalue weighted by molar-refractivity contribution is 7.15. The Morgan fingerprint density at radius 1 is 1.41 bits per heavy atom. The summed E-state index contributed by atoms with van der Waals surface area (Å²) in [5, 5.41) is 12.3. The molecule has 2 aromatic rings. The van der Waals surface area contributed by atoms with E-state index in [4.69, 9.17) is 4.74 Å². The van der Waals surface area contributed by atoms with Gasteiger partial charge in [-0.3, -0.25) is 10.1 Å². The van der Waals surface area contributed by atoms with Gasteiger partial charge in [0.2, 0.25) is 5.13 Å². The molecule has 1 atom stereocenters. The van der Waals surface area contributed by atoms with Crippen molar-refractivity contribution in [1.82, 2.24) is 10.2 Å². The van der Waals surface area contributed by atoms with Crippen LogP contribution in [0.1, 0.15) is 37.3 Å². The second kappa shape index (κ2) is 7.89. The van der Waals surface area contributed by atoms with Crippen LogP contribution in [0, 0.1) is 6.92 Å². The number of hydrogen-bond donors (Lipinski definition) is 1. The molecule has 0 bridgehead atoms. The number of anilines is 1. The maximum atomic E-state index is 12.1. The van der Waals surface area contributed by atoms with Crippen molar-refractivity contribution in [3.8, 4) is 5.75 Å². The minimum absolute atomic E-state index is 0.223. The van der Waals surface area contributed by atoms with E-state index in [1.807, 2.05) is 31.2 Å². The summed E-state index contributed by atoms with van der Waals surface area (Å²) in [4.78, 5) is 12.1. The Morgan fingerprint density at radius 3 is 2.95 bits per heavy atom. The first-order valence-corrected chi connectivity index (χ1v) is 8.26. The van der Waals surface area contributed by atoms with E-state index in [0.29, 0.717) is 10.9 Å². The van der Waals surface area contributed by atoms with Crippen molar-refractivity contribution in [1.29, 1.82) is 0 Å². The van der Waals surface area contributed by atoms with Gasteiger partial charge in [-0.25, -0.2) is 0 Å². The van der Waals surface area contributed by atoms with Gasteiger partial charge in [0.05, 0.1) is 0 Å². The zero-order chi connectivity index (χ0) is 15.9. The average Bonchev–Trinajstić information content (AvgIpc) is 2.92. The number of nitrogens with zero attached hydrogens (tertiary/aromatic N) is 2. The Labute approximate surface area is 134 Å². The van der Waals surface area contributed by atoms with Gasteiger partial charge in [0.1, 0.15) is 10.8 Å². The van der Waals surface area contributed by atoms with Crippen molar-refractivity contribution >= 4 is 22.4 Å². The molecule has 0 aliphatic carbocycles. The Balaban J connectivity index is 1.89. The molecular weight excluding hydrogens is 298 g/mol. The lowest BCUT2D eigenvalue weighted by Gasteiger charge is -2.13. The van der Waals surface area contributed by atoms with E-state index in [1.165, 1.54) is 11.3 Å². The molecule has 0 spiro atoms. The lowest BCUT2D eigenvalue weighted by molar-refractivity contribution is -0.122. The summed E-state index contributed by atoms with van der Waals surface area (Å²) >= 11 is 1.42. The summed E-state index contributed by atoms with van der Waals surface area (Å²) < 4.78 is 5.65. The normalized spacial score (nSPS) is 12.0. The first kappa shape index (κ1) is 16.4. The average molecular weight is 319 g/mol. The van der Waals surface area contributed by atoms with E-state index >= 15 is 0 Å². The van der Waals surface area contributed by atoms with Crippen molar-refractivity contribution < 1.29 is 9.53 Å². The molecule has 1 aromatic heterocycles. The Kier molecular flexibility index (Phi) is 5.89. The summed E-state index contributed by atoms with van der Waals surface area (Å²) in [5.41, 5.74) is 1.09. The van der Waals surface area contributed by atoms with Crippen molar-refractivity contribution in [2.24, 2.45) is 0 Å². The molecule has 0 aliphatic heterocycles. The molecule has 118 valence electrons. The fraction of sp³-hybridized carbons (Fsp3) is 0.438. The number of ether oxygens (including phenoxy) is 1. The fourth-order valence-corrected chi connectivity index (χ4v) is 2.67. The van der Waals surface area contributed by atoms with Gasteiger partial charge < -0.3 is 4.74 Å². The molecule has 1 unspecified atom stereocenters. The Morgan fingerprint density at radius 2 is 2.23 bits per heavy atom. The number of hydrogen-bond acceptors (Lipinski definition) is 5. The molecule has 1 aromatic carbocycles. The topological polar surface area (TPSA) is 64.1 Å².